The standard InChI is InChI=1S/C14H15N3O2S/c18-14(19)10-3-1-5-15-11(10)9-17-7-2-4-12(17)13-16-6-8-20-13/h1,3,5-6,8,12H,2,4,7,9H2,(H,18,19)/t12-/m1/s1. The summed E-state index contributed by atoms with van der Waals surface area (Å²) in [6.07, 6.45) is 5.65. The van der Waals surface area contributed by atoms with Crippen molar-refractivity contribution in [1.29, 1.82) is 0 Å². The van der Waals surface area contributed by atoms with Crippen molar-refractivity contribution in [1.82, 2.24) is 14.9 Å². The zero-order valence-electron chi connectivity index (χ0n) is 10.9. The van der Waals surface area contributed by atoms with Crippen LogP contribution in [0.2, 0.25) is 0 Å². The van der Waals surface area contributed by atoms with E-state index >= 15 is 0 Å². The Morgan fingerprint density at radius 3 is 3.10 bits per heavy atom. The van der Waals surface area contributed by atoms with E-state index in [1.807, 2.05) is 11.6 Å². The zero-order valence-corrected chi connectivity index (χ0v) is 11.7. The molecule has 5 nitrogen and oxygen atoms in total. The number of hydrogen-bond donors (Lipinski definition) is 1. The SMILES string of the molecule is O=C(O)c1cccnc1CN1CCC[C@@H]1c1nccs1. The number of aromatic carboxylic acids is 1. The van der Waals surface area contributed by atoms with Crippen LogP contribution in [-0.4, -0.2) is 32.5 Å². The van der Waals surface area contributed by atoms with E-state index in [-0.39, 0.29) is 5.56 Å². The molecule has 0 amide bonds. The average molecular weight is 289 g/mol. The molecule has 1 aliphatic heterocycles. The number of carbonyl (C=O) groups is 1. The highest BCUT2D eigenvalue weighted by atomic mass is 32.1. The summed E-state index contributed by atoms with van der Waals surface area (Å²) in [5.41, 5.74) is 0.917. The fraction of sp³-hybridized carbons (Fsp3) is 0.357. The van der Waals surface area contributed by atoms with Gasteiger partial charge in [0.1, 0.15) is 5.01 Å². The minimum atomic E-state index is -0.918. The first-order valence-electron chi connectivity index (χ1n) is 6.56. The topological polar surface area (TPSA) is 66.3 Å². The van der Waals surface area contributed by atoms with Gasteiger partial charge in [0.2, 0.25) is 0 Å². The predicted octanol–water partition coefficient (Wildman–Crippen LogP) is 2.57. The number of hydrogen-bond acceptors (Lipinski definition) is 5. The highest BCUT2D eigenvalue weighted by Gasteiger charge is 2.29. The number of rotatable bonds is 4. The molecule has 1 N–H and O–H groups in total. The van der Waals surface area contributed by atoms with Gasteiger partial charge in [-0.15, -0.1) is 11.3 Å². The van der Waals surface area contributed by atoms with Crippen LogP contribution in [0.25, 0.3) is 0 Å². The summed E-state index contributed by atoms with van der Waals surface area (Å²) in [7, 11) is 0. The molecule has 0 unspecified atom stereocenters. The van der Waals surface area contributed by atoms with Crippen LogP contribution in [-0.2, 0) is 6.54 Å². The van der Waals surface area contributed by atoms with Gasteiger partial charge in [-0.3, -0.25) is 9.88 Å². The van der Waals surface area contributed by atoms with E-state index in [1.54, 1.807) is 29.7 Å². The Morgan fingerprint density at radius 2 is 2.35 bits per heavy atom. The Hall–Kier alpha value is -1.79. The fourth-order valence-corrected chi connectivity index (χ4v) is 3.45. The predicted molar refractivity (Wildman–Crippen MR) is 75.7 cm³/mol. The molecular formula is C14H15N3O2S. The van der Waals surface area contributed by atoms with Crippen LogP contribution in [0.15, 0.2) is 29.9 Å². The molecule has 20 heavy (non-hydrogen) atoms. The first-order valence-corrected chi connectivity index (χ1v) is 7.44. The van der Waals surface area contributed by atoms with Crippen molar-refractivity contribution in [2.45, 2.75) is 25.4 Å². The molecule has 0 aliphatic carbocycles. The van der Waals surface area contributed by atoms with Gasteiger partial charge in [0.05, 0.1) is 17.3 Å². The molecular weight excluding hydrogens is 274 g/mol. The summed E-state index contributed by atoms with van der Waals surface area (Å²) in [6, 6.07) is 3.56. The van der Waals surface area contributed by atoms with Gasteiger partial charge in [0.25, 0.3) is 0 Å². The van der Waals surface area contributed by atoms with Gasteiger partial charge in [-0.2, -0.15) is 0 Å². The van der Waals surface area contributed by atoms with Crippen molar-refractivity contribution in [2.24, 2.45) is 0 Å². The largest absolute Gasteiger partial charge is 0.478 e. The summed E-state index contributed by atoms with van der Waals surface area (Å²) in [6.45, 7) is 1.52. The van der Waals surface area contributed by atoms with Crippen molar-refractivity contribution in [3.8, 4) is 0 Å². The summed E-state index contributed by atoms with van der Waals surface area (Å²) in [5, 5.41) is 12.3. The van der Waals surface area contributed by atoms with Gasteiger partial charge in [-0.1, -0.05) is 0 Å². The van der Waals surface area contributed by atoms with Gasteiger partial charge >= 0.3 is 5.97 Å². The molecule has 0 radical (unpaired) electrons. The third-order valence-electron chi connectivity index (χ3n) is 3.57. The van der Waals surface area contributed by atoms with Crippen LogP contribution in [0.3, 0.4) is 0 Å². The van der Waals surface area contributed by atoms with Gasteiger partial charge in [-0.25, -0.2) is 9.78 Å². The smallest absolute Gasteiger partial charge is 0.337 e. The van der Waals surface area contributed by atoms with Gasteiger partial charge in [0.15, 0.2) is 0 Å². The van der Waals surface area contributed by atoms with Crippen molar-refractivity contribution in [3.63, 3.8) is 0 Å². The number of pyridine rings is 1. The maximum Gasteiger partial charge on any atom is 0.337 e. The van der Waals surface area contributed by atoms with E-state index < -0.39 is 5.97 Å². The lowest BCUT2D eigenvalue weighted by molar-refractivity contribution is 0.0693. The molecule has 0 bridgehead atoms. The monoisotopic (exact) mass is 289 g/mol. The molecule has 3 rings (SSSR count). The third-order valence-corrected chi connectivity index (χ3v) is 4.45. The lowest BCUT2D eigenvalue weighted by atomic mass is 10.1. The van der Waals surface area contributed by atoms with Crippen LogP contribution in [0, 0.1) is 0 Å². The number of carboxylic acid groups (broad SMARTS) is 1. The molecule has 1 fully saturated rings. The Balaban J connectivity index is 1.82. The molecule has 0 spiro atoms. The Bertz CT molecular complexity index is 600. The summed E-state index contributed by atoms with van der Waals surface area (Å²) in [4.78, 5) is 22.1. The van der Waals surface area contributed by atoms with E-state index in [0.717, 1.165) is 24.4 Å². The van der Waals surface area contributed by atoms with Gasteiger partial charge in [0, 0.05) is 24.3 Å². The van der Waals surface area contributed by atoms with Crippen LogP contribution in [0.4, 0.5) is 0 Å². The average Bonchev–Trinajstić information content (AvgIpc) is 3.09. The Labute approximate surface area is 120 Å². The van der Waals surface area contributed by atoms with E-state index in [4.69, 9.17) is 0 Å². The van der Waals surface area contributed by atoms with Crippen LogP contribution in [0.1, 0.15) is 39.9 Å². The Morgan fingerprint density at radius 1 is 1.45 bits per heavy atom. The van der Waals surface area contributed by atoms with E-state index in [0.29, 0.717) is 18.3 Å². The molecule has 1 aliphatic rings. The summed E-state index contributed by atoms with van der Waals surface area (Å²) >= 11 is 1.66. The van der Waals surface area contributed by atoms with Crippen molar-refractivity contribution in [2.75, 3.05) is 6.54 Å². The molecule has 0 aromatic carbocycles. The zero-order chi connectivity index (χ0) is 13.9. The molecule has 0 saturated carbocycles. The molecule has 1 saturated heterocycles. The lowest BCUT2D eigenvalue weighted by Gasteiger charge is -2.22. The first kappa shape index (κ1) is 13.2. The second-order valence-electron chi connectivity index (χ2n) is 4.80. The number of carboxylic acids is 1. The van der Waals surface area contributed by atoms with Crippen molar-refractivity contribution in [3.05, 3.63) is 46.2 Å². The lowest BCUT2D eigenvalue weighted by Crippen LogP contribution is -2.24. The molecule has 1 atom stereocenters. The number of thiazole rings is 1. The maximum atomic E-state index is 11.2. The minimum Gasteiger partial charge on any atom is -0.478 e. The highest BCUT2D eigenvalue weighted by molar-refractivity contribution is 7.09. The quantitative estimate of drug-likeness (QED) is 0.937. The Kier molecular flexibility index (Phi) is 3.75. The second-order valence-corrected chi connectivity index (χ2v) is 5.73. The van der Waals surface area contributed by atoms with Gasteiger partial charge in [-0.05, 0) is 31.5 Å². The van der Waals surface area contributed by atoms with Crippen LogP contribution < -0.4 is 0 Å². The van der Waals surface area contributed by atoms with E-state index in [1.165, 1.54) is 0 Å². The third kappa shape index (κ3) is 2.57. The van der Waals surface area contributed by atoms with Crippen molar-refractivity contribution >= 4 is 17.3 Å². The molecule has 2 aromatic heterocycles. The fourth-order valence-electron chi connectivity index (χ4n) is 2.65. The number of nitrogens with zero attached hydrogens (tertiary/aromatic N) is 3. The summed E-state index contributed by atoms with van der Waals surface area (Å²) in [5.74, 6) is -0.918. The second kappa shape index (κ2) is 5.68. The van der Waals surface area contributed by atoms with Crippen molar-refractivity contribution < 1.29 is 9.90 Å². The van der Waals surface area contributed by atoms with E-state index in [2.05, 4.69) is 14.9 Å². The maximum absolute atomic E-state index is 11.2. The number of aromatic nitrogens is 2. The number of likely N-dealkylation sites (tertiary alicyclic amines) is 1. The normalized spacial score (nSPS) is 19.3. The summed E-state index contributed by atoms with van der Waals surface area (Å²) < 4.78 is 0. The molecule has 104 valence electrons. The van der Waals surface area contributed by atoms with Crippen LogP contribution >= 0.6 is 11.3 Å². The molecule has 3 heterocycles. The highest BCUT2D eigenvalue weighted by Crippen LogP contribution is 2.34. The van der Waals surface area contributed by atoms with E-state index in [9.17, 15) is 9.90 Å². The van der Waals surface area contributed by atoms with Crippen LogP contribution in [0.5, 0.6) is 0 Å². The molecule has 6 heteroatoms. The molecule has 2 aromatic rings. The van der Waals surface area contributed by atoms with Gasteiger partial charge < -0.3 is 5.11 Å². The first-order chi connectivity index (χ1) is 9.75. The minimum absolute atomic E-state index is 0.289.